The van der Waals surface area contributed by atoms with Gasteiger partial charge in [0.15, 0.2) is 5.78 Å². The molecule has 2 aliphatic rings. The Morgan fingerprint density at radius 2 is 2.29 bits per heavy atom. The second kappa shape index (κ2) is 7.36. The first-order chi connectivity index (χ1) is 11.5. The van der Waals surface area contributed by atoms with Gasteiger partial charge in [-0.15, -0.1) is 12.6 Å². The number of Topliss-reactive ketones (excluding diaryl/α,β-unsaturated/α-hetero) is 1. The summed E-state index contributed by atoms with van der Waals surface area (Å²) in [5.74, 6) is 0.452. The van der Waals surface area contributed by atoms with Gasteiger partial charge in [-0.3, -0.25) is 14.8 Å². The van der Waals surface area contributed by atoms with Crippen LogP contribution >= 0.6 is 25.4 Å². The monoisotopic (exact) mass is 358 g/mol. The fourth-order valence-corrected chi connectivity index (χ4v) is 2.99. The summed E-state index contributed by atoms with van der Waals surface area (Å²) >= 11 is 8.80. The van der Waals surface area contributed by atoms with Crippen molar-refractivity contribution in [2.75, 3.05) is 17.4 Å². The standard InChI is InChI=1S/C17H18N4OS2/c1-11-6-12(8-18-7-11)9-19-10-16(23)13-2-3-14-17(20-13)15(22)4-5-21(14)24/h2-3,6,8-11,23-24H,4-5,7H2,1H3/b16-10-,19-9?. The van der Waals surface area contributed by atoms with Crippen molar-refractivity contribution < 1.29 is 4.79 Å². The number of ketones is 1. The van der Waals surface area contributed by atoms with Gasteiger partial charge in [-0.1, -0.05) is 25.8 Å². The molecule has 0 amide bonds. The van der Waals surface area contributed by atoms with Crippen LogP contribution in [-0.2, 0) is 0 Å². The maximum atomic E-state index is 12.0. The van der Waals surface area contributed by atoms with Gasteiger partial charge < -0.3 is 4.31 Å². The summed E-state index contributed by atoms with van der Waals surface area (Å²) in [6.07, 6.45) is 7.72. The highest BCUT2D eigenvalue weighted by Gasteiger charge is 2.23. The van der Waals surface area contributed by atoms with Crippen LogP contribution in [0.3, 0.4) is 0 Å². The minimum atomic E-state index is 0.0272. The molecule has 0 radical (unpaired) electrons. The number of hydrogen-bond donors (Lipinski definition) is 2. The van der Waals surface area contributed by atoms with E-state index in [0.717, 1.165) is 17.8 Å². The quantitative estimate of drug-likeness (QED) is 0.644. The van der Waals surface area contributed by atoms with E-state index in [-0.39, 0.29) is 5.78 Å². The predicted molar refractivity (Wildman–Crippen MR) is 106 cm³/mol. The highest BCUT2D eigenvalue weighted by atomic mass is 32.1. The molecule has 0 aliphatic carbocycles. The van der Waals surface area contributed by atoms with E-state index in [9.17, 15) is 4.79 Å². The van der Waals surface area contributed by atoms with Crippen LogP contribution in [0.25, 0.3) is 4.91 Å². The van der Waals surface area contributed by atoms with Crippen LogP contribution in [0, 0.1) is 5.92 Å². The number of nitrogens with zero attached hydrogens (tertiary/aromatic N) is 4. The first kappa shape index (κ1) is 17.0. The molecule has 0 N–H and O–H groups in total. The van der Waals surface area contributed by atoms with Crippen molar-refractivity contribution in [2.45, 2.75) is 13.3 Å². The van der Waals surface area contributed by atoms with Crippen molar-refractivity contribution in [1.29, 1.82) is 0 Å². The number of carbonyl (C=O) groups excluding carboxylic acids is 1. The normalized spacial score (nSPS) is 21.2. The Kier molecular flexibility index (Phi) is 5.20. The van der Waals surface area contributed by atoms with Crippen molar-refractivity contribution in [3.05, 3.63) is 41.4 Å². The van der Waals surface area contributed by atoms with Crippen molar-refractivity contribution in [3.63, 3.8) is 0 Å². The molecule has 124 valence electrons. The van der Waals surface area contributed by atoms with E-state index in [2.05, 4.69) is 53.4 Å². The lowest BCUT2D eigenvalue weighted by molar-refractivity contribution is 0.0977. The lowest BCUT2D eigenvalue weighted by Gasteiger charge is -2.24. The van der Waals surface area contributed by atoms with Crippen LogP contribution < -0.4 is 4.31 Å². The molecule has 1 aromatic heterocycles. The zero-order valence-electron chi connectivity index (χ0n) is 13.3. The molecule has 0 aromatic carbocycles. The van der Waals surface area contributed by atoms with Crippen molar-refractivity contribution in [3.8, 4) is 0 Å². The maximum absolute atomic E-state index is 12.0. The van der Waals surface area contributed by atoms with Gasteiger partial charge in [0, 0.05) is 48.6 Å². The van der Waals surface area contributed by atoms with Gasteiger partial charge in [-0.2, -0.15) is 0 Å². The maximum Gasteiger partial charge on any atom is 0.185 e. The molecule has 7 heteroatoms. The van der Waals surface area contributed by atoms with E-state index in [1.807, 2.05) is 18.3 Å². The average molecular weight is 358 g/mol. The van der Waals surface area contributed by atoms with Crippen LogP contribution in [0.1, 0.15) is 29.5 Å². The van der Waals surface area contributed by atoms with Gasteiger partial charge in [-0.05, 0) is 18.1 Å². The number of hydrogen-bond acceptors (Lipinski definition) is 7. The molecular weight excluding hydrogens is 340 g/mol. The van der Waals surface area contributed by atoms with Crippen LogP contribution in [0.4, 0.5) is 5.69 Å². The number of allylic oxidation sites excluding steroid dienone is 1. The molecule has 1 atom stereocenters. The molecule has 2 aliphatic heterocycles. The Balaban J connectivity index is 1.80. The van der Waals surface area contributed by atoms with Crippen LogP contribution in [-0.4, -0.2) is 36.3 Å². The number of rotatable bonds is 3. The molecule has 0 saturated carbocycles. The number of carbonyl (C=O) groups is 1. The largest absolute Gasteiger partial charge is 0.316 e. The molecule has 1 aromatic rings. The molecule has 24 heavy (non-hydrogen) atoms. The second-order valence-electron chi connectivity index (χ2n) is 5.79. The molecule has 0 saturated heterocycles. The summed E-state index contributed by atoms with van der Waals surface area (Å²) in [5.41, 5.74) is 2.77. The first-order valence-electron chi connectivity index (χ1n) is 7.69. The molecule has 0 bridgehead atoms. The van der Waals surface area contributed by atoms with Gasteiger partial charge in [0.1, 0.15) is 5.69 Å². The third-order valence-corrected chi connectivity index (χ3v) is 4.52. The van der Waals surface area contributed by atoms with Gasteiger partial charge >= 0.3 is 0 Å². The summed E-state index contributed by atoms with van der Waals surface area (Å²) in [6.45, 7) is 3.53. The van der Waals surface area contributed by atoms with E-state index >= 15 is 0 Å². The molecule has 0 spiro atoms. The van der Waals surface area contributed by atoms with Crippen LogP contribution in [0.5, 0.6) is 0 Å². The molecule has 3 rings (SSSR count). The Bertz CT molecular complexity index is 783. The topological polar surface area (TPSA) is 57.9 Å². The highest BCUT2D eigenvalue weighted by Crippen LogP contribution is 2.29. The fraction of sp³-hybridized carbons (Fsp3) is 0.294. The second-order valence-corrected chi connectivity index (χ2v) is 6.76. The lowest BCUT2D eigenvalue weighted by atomic mass is 10.1. The minimum absolute atomic E-state index is 0.0272. The van der Waals surface area contributed by atoms with Gasteiger partial charge in [0.05, 0.1) is 11.4 Å². The van der Waals surface area contributed by atoms with Crippen molar-refractivity contribution >= 4 is 54.2 Å². The number of aliphatic imine (C=N–C) groups is 2. The van der Waals surface area contributed by atoms with Crippen LogP contribution in [0.2, 0.25) is 0 Å². The molecule has 0 fully saturated rings. The molecular formula is C17H18N4OS2. The first-order valence-corrected chi connectivity index (χ1v) is 8.54. The van der Waals surface area contributed by atoms with E-state index in [4.69, 9.17) is 0 Å². The number of thiol groups is 2. The SMILES string of the molecule is CC1C=C(C=N/C=C(\S)c2ccc3c(n2)C(=O)CCN3S)C=NC1. The lowest BCUT2D eigenvalue weighted by Crippen LogP contribution is -2.25. The Labute approximate surface area is 152 Å². The number of aromatic nitrogens is 1. The Morgan fingerprint density at radius 1 is 1.46 bits per heavy atom. The Hall–Kier alpha value is -1.86. The smallest absolute Gasteiger partial charge is 0.185 e. The average Bonchev–Trinajstić information content (AvgIpc) is 2.58. The number of dihydropyridines is 1. The van der Waals surface area contributed by atoms with E-state index in [0.29, 0.717) is 35.2 Å². The van der Waals surface area contributed by atoms with Gasteiger partial charge in [0.2, 0.25) is 0 Å². The van der Waals surface area contributed by atoms with Gasteiger partial charge in [0.25, 0.3) is 0 Å². The predicted octanol–water partition coefficient (Wildman–Crippen LogP) is 3.27. The minimum Gasteiger partial charge on any atom is -0.316 e. The highest BCUT2D eigenvalue weighted by molar-refractivity contribution is 7.90. The van der Waals surface area contributed by atoms with E-state index in [1.54, 1.807) is 16.7 Å². The van der Waals surface area contributed by atoms with Crippen molar-refractivity contribution in [1.82, 2.24) is 4.98 Å². The third kappa shape index (κ3) is 3.79. The van der Waals surface area contributed by atoms with Gasteiger partial charge in [-0.25, -0.2) is 4.98 Å². The summed E-state index contributed by atoms with van der Waals surface area (Å²) in [4.78, 5) is 25.6. The summed E-state index contributed by atoms with van der Waals surface area (Å²) in [5, 5.41) is 0. The zero-order chi connectivity index (χ0) is 17.1. The van der Waals surface area contributed by atoms with E-state index < -0.39 is 0 Å². The van der Waals surface area contributed by atoms with E-state index in [1.165, 1.54) is 0 Å². The number of anilines is 1. The summed E-state index contributed by atoms with van der Waals surface area (Å²) in [7, 11) is 0. The summed E-state index contributed by atoms with van der Waals surface area (Å²) < 4.78 is 1.74. The Morgan fingerprint density at radius 3 is 3.08 bits per heavy atom. The third-order valence-electron chi connectivity index (χ3n) is 3.76. The van der Waals surface area contributed by atoms with Crippen molar-refractivity contribution in [2.24, 2.45) is 15.9 Å². The molecule has 1 unspecified atom stereocenters. The zero-order valence-corrected chi connectivity index (χ0v) is 15.0. The summed E-state index contributed by atoms with van der Waals surface area (Å²) in [6, 6.07) is 3.66. The number of fused-ring (bicyclic) bond motifs is 1. The fourth-order valence-electron chi connectivity index (χ4n) is 2.54. The molecule has 5 nitrogen and oxygen atoms in total. The van der Waals surface area contributed by atoms with Crippen LogP contribution in [0.15, 0.2) is 40.0 Å². The molecule has 3 heterocycles. The number of pyridine rings is 1.